The first-order valence-electron chi connectivity index (χ1n) is 7.39. The van der Waals surface area contributed by atoms with Crippen LogP contribution >= 0.6 is 0 Å². The minimum atomic E-state index is -2.32. The van der Waals surface area contributed by atoms with E-state index in [-0.39, 0.29) is 13.3 Å². The van der Waals surface area contributed by atoms with E-state index in [2.05, 4.69) is 4.98 Å². The summed E-state index contributed by atoms with van der Waals surface area (Å²) in [6.07, 6.45) is 2.56. The standard InChI is InChI=1S/C14H19N3O9/c1-9(7-23-8-16-6-5-15-13(16)17(21)22)14(24-10(2)18,25-11(3)19)26-12(4)20/h5-6,9H,7-8H2,1-4H3. The quantitative estimate of drug-likeness (QED) is 0.262. The third kappa shape index (κ3) is 5.81. The Morgan fingerprint density at radius 1 is 1.19 bits per heavy atom. The monoisotopic (exact) mass is 373 g/mol. The van der Waals surface area contributed by atoms with Crippen LogP contribution in [0.5, 0.6) is 0 Å². The fourth-order valence-corrected chi connectivity index (χ4v) is 1.97. The second-order valence-corrected chi connectivity index (χ2v) is 5.24. The number of hydrogen-bond donors (Lipinski definition) is 0. The van der Waals surface area contributed by atoms with Gasteiger partial charge in [0, 0.05) is 20.8 Å². The van der Waals surface area contributed by atoms with Crippen LogP contribution in [0.2, 0.25) is 0 Å². The maximum absolute atomic E-state index is 11.4. The molecule has 0 aliphatic rings. The Morgan fingerprint density at radius 3 is 2.12 bits per heavy atom. The summed E-state index contributed by atoms with van der Waals surface area (Å²) in [4.78, 5) is 47.8. The van der Waals surface area contributed by atoms with Crippen molar-refractivity contribution in [2.75, 3.05) is 6.61 Å². The van der Waals surface area contributed by atoms with Gasteiger partial charge in [-0.15, -0.1) is 0 Å². The van der Waals surface area contributed by atoms with Crippen LogP contribution in [0, 0.1) is 16.0 Å². The molecule has 1 rings (SSSR count). The number of ether oxygens (including phenoxy) is 4. The Labute approximate surface area is 148 Å². The normalized spacial score (nSPS) is 12.2. The number of nitrogens with zero attached hydrogens (tertiary/aromatic N) is 3. The largest absolute Gasteiger partial charge is 0.436 e. The lowest BCUT2D eigenvalue weighted by Gasteiger charge is -2.34. The summed E-state index contributed by atoms with van der Waals surface area (Å²) in [7, 11) is 0. The van der Waals surface area contributed by atoms with E-state index in [9.17, 15) is 24.5 Å². The van der Waals surface area contributed by atoms with Crippen molar-refractivity contribution in [3.05, 3.63) is 22.5 Å². The number of esters is 3. The predicted octanol–water partition coefficient (Wildman–Crippen LogP) is 0.745. The number of imidazole rings is 1. The van der Waals surface area contributed by atoms with Gasteiger partial charge in [0.05, 0.1) is 12.5 Å². The molecule has 1 aromatic heterocycles. The van der Waals surface area contributed by atoms with Gasteiger partial charge in [-0.25, -0.2) is 4.57 Å². The molecule has 144 valence electrons. The number of rotatable bonds is 9. The first-order chi connectivity index (χ1) is 12.1. The van der Waals surface area contributed by atoms with E-state index < -0.39 is 40.7 Å². The van der Waals surface area contributed by atoms with Gasteiger partial charge in [-0.1, -0.05) is 4.98 Å². The molecule has 0 aliphatic heterocycles. The molecule has 0 saturated heterocycles. The highest BCUT2D eigenvalue weighted by molar-refractivity contribution is 5.70. The Balaban J connectivity index is 2.89. The van der Waals surface area contributed by atoms with E-state index in [4.69, 9.17) is 18.9 Å². The van der Waals surface area contributed by atoms with Crippen molar-refractivity contribution in [2.45, 2.75) is 40.4 Å². The van der Waals surface area contributed by atoms with Gasteiger partial charge in [0.1, 0.15) is 12.4 Å². The summed E-state index contributed by atoms with van der Waals surface area (Å²) < 4.78 is 21.3. The Morgan fingerprint density at radius 2 is 1.69 bits per heavy atom. The summed E-state index contributed by atoms with van der Waals surface area (Å²) in [5.74, 6) is -6.26. The summed E-state index contributed by atoms with van der Waals surface area (Å²) in [6.45, 7) is 4.09. The average Bonchev–Trinajstić information content (AvgIpc) is 2.93. The molecule has 0 N–H and O–H groups in total. The molecule has 1 heterocycles. The van der Waals surface area contributed by atoms with Gasteiger partial charge < -0.3 is 29.1 Å². The number of carbonyl (C=O) groups is 3. The van der Waals surface area contributed by atoms with Crippen molar-refractivity contribution in [1.29, 1.82) is 0 Å². The van der Waals surface area contributed by atoms with Gasteiger partial charge >= 0.3 is 29.8 Å². The molecule has 1 atom stereocenters. The van der Waals surface area contributed by atoms with Crippen molar-refractivity contribution in [3.8, 4) is 0 Å². The molecule has 12 heteroatoms. The van der Waals surface area contributed by atoms with Crippen molar-refractivity contribution in [2.24, 2.45) is 5.92 Å². The van der Waals surface area contributed by atoms with E-state index >= 15 is 0 Å². The zero-order valence-electron chi connectivity index (χ0n) is 14.7. The number of carbonyl (C=O) groups excluding carboxylic acids is 3. The lowest BCUT2D eigenvalue weighted by Crippen LogP contribution is -2.50. The zero-order chi connectivity index (χ0) is 19.9. The Bertz CT molecular complexity index is 644. The highest BCUT2D eigenvalue weighted by Crippen LogP contribution is 2.27. The maximum Gasteiger partial charge on any atom is 0.436 e. The minimum absolute atomic E-state index is 0.233. The predicted molar refractivity (Wildman–Crippen MR) is 82.0 cm³/mol. The van der Waals surface area contributed by atoms with Crippen molar-refractivity contribution < 1.29 is 38.3 Å². The lowest BCUT2D eigenvalue weighted by molar-refractivity contribution is -0.397. The third-order valence-electron chi connectivity index (χ3n) is 2.92. The molecule has 0 radical (unpaired) electrons. The second kappa shape index (κ2) is 8.89. The molecule has 0 spiro atoms. The van der Waals surface area contributed by atoms with E-state index in [1.165, 1.54) is 19.3 Å². The molecule has 0 aliphatic carbocycles. The second-order valence-electron chi connectivity index (χ2n) is 5.24. The maximum atomic E-state index is 11.4. The smallest absolute Gasteiger partial charge is 0.390 e. The van der Waals surface area contributed by atoms with Gasteiger partial charge in [-0.3, -0.25) is 14.4 Å². The summed E-state index contributed by atoms with van der Waals surface area (Å²) in [5.41, 5.74) is 0. The number of hydrogen-bond acceptors (Lipinski definition) is 10. The molecule has 0 saturated carbocycles. The summed E-state index contributed by atoms with van der Waals surface area (Å²) in [6, 6.07) is 0. The van der Waals surface area contributed by atoms with Gasteiger partial charge in [0.15, 0.2) is 6.73 Å². The van der Waals surface area contributed by atoms with Crippen LogP contribution in [0.4, 0.5) is 5.95 Å². The molecule has 0 aromatic carbocycles. The van der Waals surface area contributed by atoms with Crippen LogP contribution in [0.1, 0.15) is 27.7 Å². The first kappa shape index (κ1) is 21.0. The van der Waals surface area contributed by atoms with E-state index in [1.807, 2.05) is 0 Å². The van der Waals surface area contributed by atoms with Gasteiger partial charge in [-0.2, -0.15) is 0 Å². The Kier molecular flexibility index (Phi) is 7.19. The molecule has 0 fully saturated rings. The Hall–Kier alpha value is -3.02. The van der Waals surface area contributed by atoms with Crippen molar-refractivity contribution in [1.82, 2.24) is 9.55 Å². The van der Waals surface area contributed by atoms with Gasteiger partial charge in [0.2, 0.25) is 0 Å². The van der Waals surface area contributed by atoms with Gasteiger partial charge in [0.25, 0.3) is 0 Å². The fraction of sp³-hybridized carbons (Fsp3) is 0.571. The van der Waals surface area contributed by atoms with Crippen LogP contribution in [0.25, 0.3) is 0 Å². The van der Waals surface area contributed by atoms with Crippen molar-refractivity contribution in [3.63, 3.8) is 0 Å². The first-order valence-corrected chi connectivity index (χ1v) is 7.39. The van der Waals surface area contributed by atoms with Crippen LogP contribution in [-0.2, 0) is 40.1 Å². The molecule has 1 unspecified atom stereocenters. The third-order valence-corrected chi connectivity index (χ3v) is 2.92. The highest BCUT2D eigenvalue weighted by atomic mass is 16.9. The molecule has 0 bridgehead atoms. The minimum Gasteiger partial charge on any atom is -0.390 e. The number of nitro groups is 1. The summed E-state index contributed by atoms with van der Waals surface area (Å²) >= 11 is 0. The number of aromatic nitrogens is 2. The topological polar surface area (TPSA) is 149 Å². The molecule has 0 amide bonds. The molecule has 12 nitrogen and oxygen atoms in total. The molecular formula is C14H19N3O9. The van der Waals surface area contributed by atoms with E-state index in [0.29, 0.717) is 0 Å². The SMILES string of the molecule is CC(=O)OC(OC(C)=O)(OC(C)=O)C(C)COCn1ccnc1[N+](=O)[O-]. The highest BCUT2D eigenvalue weighted by Gasteiger charge is 2.48. The molecule has 26 heavy (non-hydrogen) atoms. The lowest BCUT2D eigenvalue weighted by atomic mass is 10.1. The van der Waals surface area contributed by atoms with Crippen molar-refractivity contribution >= 4 is 23.9 Å². The molecule has 1 aromatic rings. The van der Waals surface area contributed by atoms with E-state index in [1.54, 1.807) is 0 Å². The summed E-state index contributed by atoms with van der Waals surface area (Å²) in [5, 5.41) is 10.8. The van der Waals surface area contributed by atoms with Crippen LogP contribution < -0.4 is 0 Å². The fourth-order valence-electron chi connectivity index (χ4n) is 1.97. The molecular weight excluding hydrogens is 354 g/mol. The van der Waals surface area contributed by atoms with Crippen LogP contribution in [0.3, 0.4) is 0 Å². The van der Waals surface area contributed by atoms with E-state index in [0.717, 1.165) is 25.3 Å². The zero-order valence-corrected chi connectivity index (χ0v) is 14.7. The van der Waals surface area contributed by atoms with Crippen LogP contribution in [0.15, 0.2) is 12.4 Å². The average molecular weight is 373 g/mol. The van der Waals surface area contributed by atoms with Gasteiger partial charge in [-0.05, 0) is 11.8 Å². The van der Waals surface area contributed by atoms with Crippen LogP contribution in [-0.4, -0.2) is 45.0 Å².